The summed E-state index contributed by atoms with van der Waals surface area (Å²) in [6.45, 7) is -0.955. The highest BCUT2D eigenvalue weighted by Gasteiger charge is 2.28. The molecule has 2 aromatic heterocycles. The van der Waals surface area contributed by atoms with E-state index in [2.05, 4.69) is 10.3 Å². The van der Waals surface area contributed by atoms with Crippen LogP contribution in [0, 0.1) is 11.7 Å². The van der Waals surface area contributed by atoms with Crippen molar-refractivity contribution in [1.29, 1.82) is 0 Å². The molecule has 43 heavy (non-hydrogen) atoms. The summed E-state index contributed by atoms with van der Waals surface area (Å²) in [4.78, 5) is 56.1. The van der Waals surface area contributed by atoms with E-state index in [-0.39, 0.29) is 54.4 Å². The lowest BCUT2D eigenvalue weighted by Crippen LogP contribution is -2.37. The van der Waals surface area contributed by atoms with Gasteiger partial charge in [-0.15, -0.1) is 0 Å². The normalized spacial score (nSPS) is 12.4. The Hall–Kier alpha value is -4.69. The van der Waals surface area contributed by atoms with Gasteiger partial charge in [-0.1, -0.05) is 6.08 Å². The number of amides is 3. The number of hydrogen-bond acceptors (Lipinski definition) is 5. The number of hydrogen-bond donors (Lipinski definition) is 2. The molecule has 0 aliphatic carbocycles. The van der Waals surface area contributed by atoms with Gasteiger partial charge in [-0.05, 0) is 43.2 Å². The number of pyridine rings is 1. The Morgan fingerprint density at radius 2 is 1.88 bits per heavy atom. The number of halogens is 4. The molecule has 0 saturated heterocycles. The number of alkyl halides is 3. The largest absolute Gasteiger partial charge is 0.465 e. The molecule has 2 N–H and O–H groups in total. The molecule has 0 fully saturated rings. The lowest BCUT2D eigenvalue weighted by molar-refractivity contribution is -0.136. The van der Waals surface area contributed by atoms with Gasteiger partial charge in [-0.3, -0.25) is 14.4 Å². The Bertz CT molecular complexity index is 1560. The maximum atomic E-state index is 13.8. The van der Waals surface area contributed by atoms with Gasteiger partial charge in [-0.2, -0.15) is 13.2 Å². The van der Waals surface area contributed by atoms with Crippen molar-refractivity contribution in [3.63, 3.8) is 0 Å². The molecule has 2 heterocycles. The molecule has 0 saturated carbocycles. The summed E-state index contributed by atoms with van der Waals surface area (Å²) in [5, 5.41) is 11.8. The van der Waals surface area contributed by atoms with Crippen LogP contribution in [0.15, 0.2) is 53.5 Å². The molecule has 3 amide bonds. The van der Waals surface area contributed by atoms with Crippen LogP contribution in [0.3, 0.4) is 0 Å². The van der Waals surface area contributed by atoms with Gasteiger partial charge in [-0.25, -0.2) is 14.2 Å². The van der Waals surface area contributed by atoms with E-state index in [0.29, 0.717) is 0 Å². The highest BCUT2D eigenvalue weighted by Crippen LogP contribution is 2.24. The summed E-state index contributed by atoms with van der Waals surface area (Å²) in [7, 11) is 4.45. The molecule has 0 aliphatic rings. The number of aromatic nitrogens is 3. The van der Waals surface area contributed by atoms with Gasteiger partial charge in [0, 0.05) is 46.5 Å². The standard InChI is InChI=1S/C28H32F4N6O5/c1-35(2)24(39)9-5-4-7-18(16-36(3)27(42)43)25(40)34-20-8-6-13-37(26(20)41)17-23-33-21-15-19(29)10-11-22(21)38(23)14-12-28(30,31)32/h5-6,8-11,13,15,18H,4,7,12,14,16-17H2,1-3H3,(H,34,40)(H,42,43)/b9-5+/t18-/m0/s1. The van der Waals surface area contributed by atoms with E-state index in [9.17, 15) is 41.8 Å². The first-order valence-corrected chi connectivity index (χ1v) is 13.2. The molecular formula is C28H32F4N6O5. The van der Waals surface area contributed by atoms with Gasteiger partial charge in [0.15, 0.2) is 0 Å². The van der Waals surface area contributed by atoms with E-state index in [1.54, 1.807) is 20.2 Å². The van der Waals surface area contributed by atoms with E-state index >= 15 is 0 Å². The molecule has 1 atom stereocenters. The predicted molar refractivity (Wildman–Crippen MR) is 150 cm³/mol. The molecule has 0 unspecified atom stereocenters. The number of allylic oxidation sites excluding steroid dienone is 1. The fourth-order valence-electron chi connectivity index (χ4n) is 4.25. The lowest BCUT2D eigenvalue weighted by Gasteiger charge is -2.21. The summed E-state index contributed by atoms with van der Waals surface area (Å²) >= 11 is 0. The number of aryl methyl sites for hydroxylation is 1. The van der Waals surface area contributed by atoms with Gasteiger partial charge in [0.25, 0.3) is 5.56 Å². The highest BCUT2D eigenvalue weighted by molar-refractivity contribution is 5.92. The maximum Gasteiger partial charge on any atom is 0.407 e. The third-order valence-electron chi connectivity index (χ3n) is 6.57. The lowest BCUT2D eigenvalue weighted by atomic mass is 10.0. The number of imidazole rings is 1. The van der Waals surface area contributed by atoms with E-state index < -0.39 is 48.4 Å². The van der Waals surface area contributed by atoms with E-state index in [0.717, 1.165) is 21.6 Å². The second-order valence-corrected chi connectivity index (χ2v) is 10.1. The molecule has 15 heteroatoms. The number of benzene rings is 1. The number of likely N-dealkylation sites (N-methyl/N-ethyl adjacent to an activating group) is 1. The van der Waals surface area contributed by atoms with Crippen LogP contribution in [0.5, 0.6) is 0 Å². The van der Waals surface area contributed by atoms with Gasteiger partial charge < -0.3 is 29.4 Å². The summed E-state index contributed by atoms with van der Waals surface area (Å²) in [5.41, 5.74) is -0.428. The molecule has 3 aromatic rings. The minimum absolute atomic E-state index is 0.0791. The smallest absolute Gasteiger partial charge is 0.407 e. The van der Waals surface area contributed by atoms with Crippen molar-refractivity contribution in [1.82, 2.24) is 23.9 Å². The number of carbonyl (C=O) groups is 3. The monoisotopic (exact) mass is 608 g/mol. The van der Waals surface area contributed by atoms with Gasteiger partial charge in [0.05, 0.1) is 29.9 Å². The predicted octanol–water partition coefficient (Wildman–Crippen LogP) is 3.93. The van der Waals surface area contributed by atoms with Crippen molar-refractivity contribution in [3.05, 3.63) is 70.7 Å². The van der Waals surface area contributed by atoms with E-state index in [4.69, 9.17) is 0 Å². The third kappa shape index (κ3) is 9.15. The van der Waals surface area contributed by atoms with E-state index in [1.165, 1.54) is 47.0 Å². The molecule has 232 valence electrons. The summed E-state index contributed by atoms with van der Waals surface area (Å²) in [5.74, 6) is -2.32. The van der Waals surface area contributed by atoms with Crippen molar-refractivity contribution >= 4 is 34.6 Å². The van der Waals surface area contributed by atoms with Gasteiger partial charge in [0.1, 0.15) is 17.3 Å². The number of nitrogens with zero attached hydrogens (tertiary/aromatic N) is 5. The Morgan fingerprint density at radius 1 is 1.16 bits per heavy atom. The molecule has 0 bridgehead atoms. The van der Waals surface area contributed by atoms with Crippen molar-refractivity contribution < 1.29 is 37.1 Å². The average molecular weight is 609 g/mol. The highest BCUT2D eigenvalue weighted by atomic mass is 19.4. The average Bonchev–Trinajstić information content (AvgIpc) is 3.26. The number of carboxylic acid groups (broad SMARTS) is 1. The summed E-state index contributed by atoms with van der Waals surface area (Å²) in [6.07, 6.45) is -2.17. The first-order valence-electron chi connectivity index (χ1n) is 13.2. The second kappa shape index (κ2) is 14.0. The zero-order chi connectivity index (χ0) is 31.9. The van der Waals surface area contributed by atoms with Crippen molar-refractivity contribution in [2.24, 2.45) is 5.92 Å². The SMILES string of the molecule is CN(C)C(=O)/C=C/CC[C@@H](CN(C)C(=O)O)C(=O)Nc1cccn(Cc2nc3cc(F)ccc3n2CCC(F)(F)F)c1=O. The zero-order valence-corrected chi connectivity index (χ0v) is 23.8. The Labute approximate surface area is 244 Å². The molecule has 0 spiro atoms. The number of fused-ring (bicyclic) bond motifs is 1. The first-order chi connectivity index (χ1) is 20.2. The second-order valence-electron chi connectivity index (χ2n) is 10.1. The number of carbonyl (C=O) groups excluding carboxylic acids is 2. The number of rotatable bonds is 12. The van der Waals surface area contributed by atoms with Crippen molar-refractivity contribution in [3.8, 4) is 0 Å². The van der Waals surface area contributed by atoms with Crippen LogP contribution >= 0.6 is 0 Å². The molecule has 1 aromatic carbocycles. The fraction of sp³-hybridized carbons (Fsp3) is 0.393. The molecule has 11 nitrogen and oxygen atoms in total. The van der Waals surface area contributed by atoms with Crippen LogP contribution in [0.1, 0.15) is 25.1 Å². The van der Waals surface area contributed by atoms with Crippen LogP contribution in [-0.4, -0.2) is 80.8 Å². The van der Waals surface area contributed by atoms with Crippen LogP contribution < -0.4 is 10.9 Å². The van der Waals surface area contributed by atoms with Crippen molar-refractivity contribution in [2.75, 3.05) is 33.0 Å². The quantitative estimate of drug-likeness (QED) is 0.237. The number of nitrogens with one attached hydrogen (secondary N) is 1. The number of anilines is 1. The summed E-state index contributed by atoms with van der Waals surface area (Å²) < 4.78 is 55.3. The molecular weight excluding hydrogens is 576 g/mol. The zero-order valence-electron chi connectivity index (χ0n) is 23.8. The minimum Gasteiger partial charge on any atom is -0.465 e. The maximum absolute atomic E-state index is 13.8. The third-order valence-corrected chi connectivity index (χ3v) is 6.57. The Balaban J connectivity index is 1.85. The van der Waals surface area contributed by atoms with Crippen LogP contribution in [-0.2, 0) is 22.7 Å². The summed E-state index contributed by atoms with van der Waals surface area (Å²) in [6, 6.07) is 6.30. The Morgan fingerprint density at radius 3 is 2.53 bits per heavy atom. The minimum atomic E-state index is -4.46. The van der Waals surface area contributed by atoms with Gasteiger partial charge >= 0.3 is 12.3 Å². The fourth-order valence-corrected chi connectivity index (χ4v) is 4.25. The molecule has 0 aliphatic heterocycles. The van der Waals surface area contributed by atoms with Crippen LogP contribution in [0.4, 0.5) is 28.0 Å². The van der Waals surface area contributed by atoms with E-state index in [1.807, 2.05) is 0 Å². The Kier molecular flexibility index (Phi) is 10.7. The molecule has 0 radical (unpaired) electrons. The van der Waals surface area contributed by atoms with Gasteiger partial charge in [0.2, 0.25) is 11.8 Å². The molecule has 3 rings (SSSR count). The first kappa shape index (κ1) is 32.8. The van der Waals surface area contributed by atoms with Crippen LogP contribution in [0.2, 0.25) is 0 Å². The topological polar surface area (TPSA) is 130 Å². The van der Waals surface area contributed by atoms with Crippen LogP contribution in [0.25, 0.3) is 11.0 Å². The van der Waals surface area contributed by atoms with Crippen molar-refractivity contribution in [2.45, 2.75) is 38.5 Å².